The fraction of sp³-hybridized carbons (Fsp3) is 0.571. The van der Waals surface area contributed by atoms with E-state index in [2.05, 4.69) is 20.5 Å². The number of amides is 1. The molecule has 0 aliphatic heterocycles. The van der Waals surface area contributed by atoms with Crippen LogP contribution in [0.4, 0.5) is 5.95 Å². The highest BCUT2D eigenvalue weighted by Gasteiger charge is 2.11. The van der Waals surface area contributed by atoms with E-state index in [0.717, 1.165) is 6.42 Å². The highest BCUT2D eigenvalue weighted by atomic mass is 16.3. The van der Waals surface area contributed by atoms with Crippen molar-refractivity contribution in [2.75, 3.05) is 5.32 Å². The van der Waals surface area contributed by atoms with Crippen LogP contribution in [0.5, 0.6) is 0 Å². The summed E-state index contributed by atoms with van der Waals surface area (Å²) in [6.45, 7) is 3.30. The maximum Gasteiger partial charge on any atom is 0.255 e. The Bertz CT molecular complexity index is 294. The van der Waals surface area contributed by atoms with Crippen molar-refractivity contribution in [2.24, 2.45) is 0 Å². The standard InChI is InChI=1S/C7H12N4O2/c1-3-5-8-7(11-10-5)9-6(13)4(2)12/h4,12H,3H2,1-2H3,(H2,8,9,10,11,13). The summed E-state index contributed by atoms with van der Waals surface area (Å²) < 4.78 is 0. The number of aliphatic hydroxyl groups excluding tert-OH is 1. The predicted molar refractivity (Wildman–Crippen MR) is 46.1 cm³/mol. The molecule has 0 fully saturated rings. The van der Waals surface area contributed by atoms with Crippen molar-refractivity contribution in [1.82, 2.24) is 15.2 Å². The molecule has 1 aromatic heterocycles. The van der Waals surface area contributed by atoms with Gasteiger partial charge in [-0.05, 0) is 6.92 Å². The molecule has 3 N–H and O–H groups in total. The highest BCUT2D eigenvalue weighted by molar-refractivity contribution is 5.92. The van der Waals surface area contributed by atoms with Gasteiger partial charge in [0.2, 0.25) is 5.95 Å². The summed E-state index contributed by atoms with van der Waals surface area (Å²) >= 11 is 0. The van der Waals surface area contributed by atoms with Gasteiger partial charge in [-0.3, -0.25) is 15.2 Å². The van der Waals surface area contributed by atoms with Gasteiger partial charge in [-0.2, -0.15) is 4.98 Å². The van der Waals surface area contributed by atoms with Crippen LogP contribution in [0, 0.1) is 0 Å². The van der Waals surface area contributed by atoms with Crippen LogP contribution in [0.3, 0.4) is 0 Å². The molecule has 0 aliphatic rings. The van der Waals surface area contributed by atoms with E-state index >= 15 is 0 Å². The van der Waals surface area contributed by atoms with Crippen molar-refractivity contribution < 1.29 is 9.90 Å². The maximum absolute atomic E-state index is 11.0. The van der Waals surface area contributed by atoms with E-state index in [9.17, 15) is 4.79 Å². The first-order valence-electron chi connectivity index (χ1n) is 4.03. The molecule has 0 bridgehead atoms. The van der Waals surface area contributed by atoms with Gasteiger partial charge in [-0.1, -0.05) is 6.92 Å². The zero-order valence-electron chi connectivity index (χ0n) is 7.53. The molecule has 1 amide bonds. The average Bonchev–Trinajstić information content (AvgIpc) is 2.52. The molecule has 0 saturated heterocycles. The molecule has 72 valence electrons. The number of carbonyl (C=O) groups is 1. The summed E-state index contributed by atoms with van der Waals surface area (Å²) in [6, 6.07) is 0. The lowest BCUT2D eigenvalue weighted by molar-refractivity contribution is -0.123. The third kappa shape index (κ3) is 2.51. The minimum Gasteiger partial charge on any atom is -0.384 e. The van der Waals surface area contributed by atoms with Gasteiger partial charge >= 0.3 is 0 Å². The number of aryl methyl sites for hydroxylation is 1. The number of hydrogen-bond acceptors (Lipinski definition) is 4. The van der Waals surface area contributed by atoms with E-state index in [4.69, 9.17) is 5.11 Å². The van der Waals surface area contributed by atoms with Crippen LogP contribution in [0.2, 0.25) is 0 Å². The van der Waals surface area contributed by atoms with Gasteiger partial charge in [0.25, 0.3) is 5.91 Å². The topological polar surface area (TPSA) is 90.9 Å². The minimum absolute atomic E-state index is 0.197. The number of nitrogens with one attached hydrogen (secondary N) is 2. The lowest BCUT2D eigenvalue weighted by Crippen LogP contribution is -2.25. The Morgan fingerprint density at radius 3 is 2.92 bits per heavy atom. The number of nitrogens with zero attached hydrogens (tertiary/aromatic N) is 2. The zero-order valence-corrected chi connectivity index (χ0v) is 7.53. The van der Waals surface area contributed by atoms with E-state index in [1.54, 1.807) is 0 Å². The SMILES string of the molecule is CCc1nc(NC(=O)C(C)O)n[nH]1. The number of anilines is 1. The van der Waals surface area contributed by atoms with E-state index in [1.807, 2.05) is 6.92 Å². The van der Waals surface area contributed by atoms with E-state index < -0.39 is 12.0 Å². The molecule has 1 heterocycles. The normalized spacial score (nSPS) is 12.5. The third-order valence-electron chi connectivity index (χ3n) is 1.48. The summed E-state index contributed by atoms with van der Waals surface area (Å²) in [5, 5.41) is 17.6. The van der Waals surface area contributed by atoms with Gasteiger partial charge in [-0.15, -0.1) is 5.10 Å². The van der Waals surface area contributed by atoms with Crippen molar-refractivity contribution >= 4 is 11.9 Å². The number of aliphatic hydroxyl groups is 1. The molecule has 0 aliphatic carbocycles. The Hall–Kier alpha value is -1.43. The molecule has 0 aromatic carbocycles. The fourth-order valence-electron chi connectivity index (χ4n) is 0.724. The maximum atomic E-state index is 11.0. The Morgan fingerprint density at radius 2 is 2.46 bits per heavy atom. The molecule has 1 atom stereocenters. The predicted octanol–water partition coefficient (Wildman–Crippen LogP) is -0.314. The van der Waals surface area contributed by atoms with Gasteiger partial charge in [0.05, 0.1) is 0 Å². The Balaban J connectivity index is 2.59. The van der Waals surface area contributed by atoms with Crippen molar-refractivity contribution in [3.05, 3.63) is 5.82 Å². The first kappa shape index (κ1) is 9.66. The van der Waals surface area contributed by atoms with Crippen LogP contribution in [0.25, 0.3) is 0 Å². The van der Waals surface area contributed by atoms with Crippen LogP contribution < -0.4 is 5.32 Å². The van der Waals surface area contributed by atoms with Crippen molar-refractivity contribution in [3.8, 4) is 0 Å². The molecule has 1 aromatic rings. The second kappa shape index (κ2) is 3.99. The third-order valence-corrected chi connectivity index (χ3v) is 1.48. The Morgan fingerprint density at radius 1 is 1.77 bits per heavy atom. The van der Waals surface area contributed by atoms with Gasteiger partial charge < -0.3 is 5.11 Å². The zero-order chi connectivity index (χ0) is 9.84. The fourth-order valence-corrected chi connectivity index (χ4v) is 0.724. The second-order valence-corrected chi connectivity index (χ2v) is 2.62. The Kier molecular flexibility index (Phi) is 2.97. The van der Waals surface area contributed by atoms with Crippen molar-refractivity contribution in [2.45, 2.75) is 26.4 Å². The van der Waals surface area contributed by atoms with E-state index in [0.29, 0.717) is 5.82 Å². The second-order valence-electron chi connectivity index (χ2n) is 2.62. The van der Waals surface area contributed by atoms with E-state index in [-0.39, 0.29) is 5.95 Å². The van der Waals surface area contributed by atoms with E-state index in [1.165, 1.54) is 6.92 Å². The Labute approximate surface area is 75.4 Å². The number of rotatable bonds is 3. The molecule has 1 unspecified atom stereocenters. The van der Waals surface area contributed by atoms with Crippen molar-refractivity contribution in [1.29, 1.82) is 0 Å². The smallest absolute Gasteiger partial charge is 0.255 e. The first-order chi connectivity index (χ1) is 6.13. The first-order valence-corrected chi connectivity index (χ1v) is 4.03. The molecule has 0 spiro atoms. The summed E-state index contributed by atoms with van der Waals surface area (Å²) in [5.74, 6) is 0.380. The highest BCUT2D eigenvalue weighted by Crippen LogP contribution is 1.99. The number of aromatic amines is 1. The summed E-state index contributed by atoms with van der Waals surface area (Å²) in [7, 11) is 0. The van der Waals surface area contributed by atoms with Gasteiger partial charge in [0, 0.05) is 6.42 Å². The molecular weight excluding hydrogens is 172 g/mol. The van der Waals surface area contributed by atoms with Crippen LogP contribution >= 0.6 is 0 Å². The molecule has 6 nitrogen and oxygen atoms in total. The van der Waals surface area contributed by atoms with Gasteiger partial charge in [0.1, 0.15) is 11.9 Å². The quantitative estimate of drug-likeness (QED) is 0.600. The van der Waals surface area contributed by atoms with Gasteiger partial charge in [0.15, 0.2) is 0 Å². The average molecular weight is 184 g/mol. The van der Waals surface area contributed by atoms with Crippen LogP contribution in [0.1, 0.15) is 19.7 Å². The van der Waals surface area contributed by atoms with Crippen molar-refractivity contribution in [3.63, 3.8) is 0 Å². The molecule has 0 radical (unpaired) electrons. The largest absolute Gasteiger partial charge is 0.384 e. The monoisotopic (exact) mass is 184 g/mol. The molecule has 0 saturated carbocycles. The van der Waals surface area contributed by atoms with Gasteiger partial charge in [-0.25, -0.2) is 0 Å². The summed E-state index contributed by atoms with van der Waals surface area (Å²) in [5.41, 5.74) is 0. The number of hydrogen-bond donors (Lipinski definition) is 3. The summed E-state index contributed by atoms with van der Waals surface area (Å²) in [6.07, 6.45) is -0.332. The number of aromatic nitrogens is 3. The molecule has 1 rings (SSSR count). The summed E-state index contributed by atoms with van der Waals surface area (Å²) in [4.78, 5) is 14.9. The number of carbonyl (C=O) groups excluding carboxylic acids is 1. The molecule has 13 heavy (non-hydrogen) atoms. The van der Waals surface area contributed by atoms with Crippen LogP contribution in [-0.4, -0.2) is 32.3 Å². The number of H-pyrrole nitrogens is 1. The molecule has 6 heteroatoms. The molecular formula is C7H12N4O2. The van der Waals surface area contributed by atoms with Crippen LogP contribution in [0.15, 0.2) is 0 Å². The minimum atomic E-state index is -1.05. The lowest BCUT2D eigenvalue weighted by Gasteiger charge is -2.01. The van der Waals surface area contributed by atoms with Crippen LogP contribution in [-0.2, 0) is 11.2 Å². The lowest BCUT2D eigenvalue weighted by atomic mass is 10.4.